The van der Waals surface area contributed by atoms with Crippen LogP contribution in [0.4, 0.5) is 8.78 Å². The minimum atomic E-state index is -0.836. The zero-order chi connectivity index (χ0) is 18.2. The van der Waals surface area contributed by atoms with E-state index in [-0.39, 0.29) is 36.2 Å². The molecule has 0 saturated carbocycles. The molecule has 146 valence electrons. The molecule has 1 unspecified atom stereocenters. The molecular formula is C17H25ClF2N4O2. The van der Waals surface area contributed by atoms with Crippen LogP contribution in [-0.4, -0.2) is 56.0 Å². The van der Waals surface area contributed by atoms with Crippen LogP contribution in [0, 0.1) is 11.6 Å². The third-order valence-corrected chi connectivity index (χ3v) is 4.06. The number of rotatable bonds is 7. The van der Waals surface area contributed by atoms with E-state index in [9.17, 15) is 18.4 Å². The van der Waals surface area contributed by atoms with Crippen molar-refractivity contribution >= 4 is 24.2 Å². The van der Waals surface area contributed by atoms with Crippen LogP contribution in [-0.2, 0) is 9.59 Å². The molecule has 1 fully saturated rings. The minimum Gasteiger partial charge on any atom is -0.355 e. The molecule has 1 aliphatic heterocycles. The maximum absolute atomic E-state index is 14.0. The number of benzene rings is 1. The lowest BCUT2D eigenvalue weighted by atomic mass is 10.0. The molecule has 0 aliphatic carbocycles. The van der Waals surface area contributed by atoms with Gasteiger partial charge < -0.3 is 16.0 Å². The summed E-state index contributed by atoms with van der Waals surface area (Å²) in [7, 11) is 0. The van der Waals surface area contributed by atoms with Crippen molar-refractivity contribution in [2.45, 2.75) is 19.4 Å². The third-order valence-electron chi connectivity index (χ3n) is 4.06. The molecule has 0 bridgehead atoms. The molecule has 1 aliphatic rings. The van der Waals surface area contributed by atoms with Crippen molar-refractivity contribution in [3.8, 4) is 0 Å². The second-order valence-corrected chi connectivity index (χ2v) is 6.06. The van der Waals surface area contributed by atoms with Gasteiger partial charge in [-0.3, -0.25) is 14.5 Å². The topological polar surface area (TPSA) is 73.5 Å². The third kappa shape index (κ3) is 7.23. The van der Waals surface area contributed by atoms with Crippen molar-refractivity contribution in [2.24, 2.45) is 0 Å². The number of halogens is 3. The molecule has 3 N–H and O–H groups in total. The number of hydrogen-bond donors (Lipinski definition) is 3. The predicted octanol–water partition coefficient (Wildman–Crippen LogP) is 0.975. The summed E-state index contributed by atoms with van der Waals surface area (Å²) in [4.78, 5) is 25.7. The molecule has 0 radical (unpaired) electrons. The molecule has 1 heterocycles. The monoisotopic (exact) mass is 390 g/mol. The van der Waals surface area contributed by atoms with E-state index in [1.54, 1.807) is 0 Å². The first kappa shape index (κ1) is 22.3. The summed E-state index contributed by atoms with van der Waals surface area (Å²) in [5.41, 5.74) is 0.0915. The van der Waals surface area contributed by atoms with Crippen molar-refractivity contribution in [1.82, 2.24) is 20.9 Å². The summed E-state index contributed by atoms with van der Waals surface area (Å²) in [5, 5.41) is 8.59. The lowest BCUT2D eigenvalue weighted by molar-refractivity contribution is -0.122. The number of carbonyl (C=O) groups excluding carboxylic acids is 2. The average molecular weight is 391 g/mol. The summed E-state index contributed by atoms with van der Waals surface area (Å²) in [6.07, 6.45) is -0.107. The van der Waals surface area contributed by atoms with E-state index < -0.39 is 17.7 Å². The fourth-order valence-corrected chi connectivity index (χ4v) is 2.81. The maximum atomic E-state index is 14.0. The first-order chi connectivity index (χ1) is 12.0. The van der Waals surface area contributed by atoms with Crippen LogP contribution in [0.3, 0.4) is 0 Å². The first-order valence-electron chi connectivity index (χ1n) is 8.37. The van der Waals surface area contributed by atoms with Gasteiger partial charge in [-0.1, -0.05) is 6.07 Å². The Morgan fingerprint density at radius 1 is 1.27 bits per heavy atom. The highest BCUT2D eigenvalue weighted by Crippen LogP contribution is 2.21. The van der Waals surface area contributed by atoms with Gasteiger partial charge in [-0.2, -0.15) is 0 Å². The Balaban J connectivity index is 0.00000338. The SMILES string of the molecule is CC(=O)NC(CC(=O)NCCN1CCNCC1)c1ccc(F)cc1F.Cl. The smallest absolute Gasteiger partial charge is 0.222 e. The van der Waals surface area contributed by atoms with Crippen LogP contribution < -0.4 is 16.0 Å². The second kappa shape index (κ2) is 11.1. The molecule has 0 spiro atoms. The average Bonchev–Trinajstić information content (AvgIpc) is 2.55. The van der Waals surface area contributed by atoms with Crippen molar-refractivity contribution in [2.75, 3.05) is 39.3 Å². The molecule has 1 aromatic rings. The van der Waals surface area contributed by atoms with Crippen molar-refractivity contribution < 1.29 is 18.4 Å². The van der Waals surface area contributed by atoms with Gasteiger partial charge in [0.1, 0.15) is 11.6 Å². The fraction of sp³-hybridized carbons (Fsp3) is 0.529. The van der Waals surface area contributed by atoms with E-state index in [0.29, 0.717) is 6.54 Å². The van der Waals surface area contributed by atoms with Crippen molar-refractivity contribution in [3.63, 3.8) is 0 Å². The van der Waals surface area contributed by atoms with E-state index in [4.69, 9.17) is 0 Å². The molecule has 9 heteroatoms. The Bertz CT molecular complexity index is 612. The maximum Gasteiger partial charge on any atom is 0.222 e. The lowest BCUT2D eigenvalue weighted by Crippen LogP contribution is -2.46. The van der Waals surface area contributed by atoms with E-state index in [1.165, 1.54) is 13.0 Å². The Morgan fingerprint density at radius 3 is 2.58 bits per heavy atom. The van der Waals surface area contributed by atoms with Crippen LogP contribution in [0.25, 0.3) is 0 Å². The number of amides is 2. The van der Waals surface area contributed by atoms with Crippen LogP contribution in [0.15, 0.2) is 18.2 Å². The zero-order valence-corrected chi connectivity index (χ0v) is 15.5. The van der Waals surface area contributed by atoms with Gasteiger partial charge >= 0.3 is 0 Å². The van der Waals surface area contributed by atoms with Crippen molar-refractivity contribution in [3.05, 3.63) is 35.4 Å². The quantitative estimate of drug-likeness (QED) is 0.649. The Hall–Kier alpha value is -1.77. The summed E-state index contributed by atoms with van der Waals surface area (Å²) >= 11 is 0. The number of nitrogens with zero attached hydrogens (tertiary/aromatic N) is 1. The number of nitrogens with one attached hydrogen (secondary N) is 3. The molecule has 0 aromatic heterocycles. The fourth-order valence-electron chi connectivity index (χ4n) is 2.81. The van der Waals surface area contributed by atoms with Crippen molar-refractivity contribution in [1.29, 1.82) is 0 Å². The Labute approximate surface area is 158 Å². The molecule has 1 aromatic carbocycles. The number of carbonyl (C=O) groups is 2. The van der Waals surface area contributed by atoms with Gasteiger partial charge in [-0.25, -0.2) is 8.78 Å². The van der Waals surface area contributed by atoms with Gasteiger partial charge in [0.2, 0.25) is 11.8 Å². The molecule has 26 heavy (non-hydrogen) atoms. The summed E-state index contributed by atoms with van der Waals surface area (Å²) in [5.74, 6) is -2.17. The summed E-state index contributed by atoms with van der Waals surface area (Å²) in [6, 6.07) is 2.26. The lowest BCUT2D eigenvalue weighted by Gasteiger charge is -2.27. The van der Waals surface area contributed by atoms with Crippen LogP contribution >= 0.6 is 12.4 Å². The van der Waals surface area contributed by atoms with Gasteiger partial charge in [0.25, 0.3) is 0 Å². The molecule has 6 nitrogen and oxygen atoms in total. The molecular weight excluding hydrogens is 366 g/mol. The number of piperazine rings is 1. The van der Waals surface area contributed by atoms with Crippen LogP contribution in [0.1, 0.15) is 24.9 Å². The standard InChI is InChI=1S/C17H24F2N4O2.ClH/c1-12(24)22-16(14-3-2-13(18)10-15(14)19)11-17(25)21-6-9-23-7-4-20-5-8-23;/h2-3,10,16,20H,4-9,11H2,1H3,(H,21,25)(H,22,24);1H. The molecule has 2 rings (SSSR count). The van der Waals surface area contributed by atoms with Gasteiger partial charge in [0, 0.05) is 57.8 Å². The zero-order valence-electron chi connectivity index (χ0n) is 14.7. The first-order valence-corrected chi connectivity index (χ1v) is 8.37. The Kier molecular flexibility index (Phi) is 9.47. The van der Waals surface area contributed by atoms with E-state index >= 15 is 0 Å². The van der Waals surface area contributed by atoms with Gasteiger partial charge in [0.15, 0.2) is 0 Å². The molecule has 1 atom stereocenters. The predicted molar refractivity (Wildman–Crippen MR) is 97.1 cm³/mol. The van der Waals surface area contributed by atoms with Crippen LogP contribution in [0.2, 0.25) is 0 Å². The highest BCUT2D eigenvalue weighted by Gasteiger charge is 2.21. The number of hydrogen-bond acceptors (Lipinski definition) is 4. The van der Waals surface area contributed by atoms with E-state index in [1.807, 2.05) is 0 Å². The summed E-state index contributed by atoms with van der Waals surface area (Å²) in [6.45, 7) is 6.25. The van der Waals surface area contributed by atoms with E-state index in [0.717, 1.165) is 44.9 Å². The second-order valence-electron chi connectivity index (χ2n) is 6.06. The molecule has 1 saturated heterocycles. The molecule has 2 amide bonds. The largest absolute Gasteiger partial charge is 0.355 e. The van der Waals surface area contributed by atoms with Crippen LogP contribution in [0.5, 0.6) is 0 Å². The Morgan fingerprint density at radius 2 is 1.96 bits per heavy atom. The van der Waals surface area contributed by atoms with Gasteiger partial charge in [-0.05, 0) is 6.07 Å². The highest BCUT2D eigenvalue weighted by atomic mass is 35.5. The van der Waals surface area contributed by atoms with Gasteiger partial charge in [0.05, 0.1) is 12.5 Å². The van der Waals surface area contributed by atoms with E-state index in [2.05, 4.69) is 20.9 Å². The highest BCUT2D eigenvalue weighted by molar-refractivity contribution is 5.85. The minimum absolute atomic E-state index is 0. The summed E-state index contributed by atoms with van der Waals surface area (Å²) < 4.78 is 27.0. The normalized spacial score (nSPS) is 15.7. The van der Waals surface area contributed by atoms with Gasteiger partial charge in [-0.15, -0.1) is 12.4 Å².